The second-order valence-corrected chi connectivity index (χ2v) is 12.3. The van der Waals surface area contributed by atoms with Gasteiger partial charge in [0.15, 0.2) is 0 Å². The van der Waals surface area contributed by atoms with Gasteiger partial charge < -0.3 is 19.6 Å². The zero-order valence-corrected chi connectivity index (χ0v) is 24.7. The third kappa shape index (κ3) is 7.68. The van der Waals surface area contributed by atoms with Crippen LogP contribution in [0.1, 0.15) is 56.6 Å². The Hall–Kier alpha value is -2.74. The first kappa shape index (κ1) is 33.2. The molecule has 4 rings (SSSR count). The van der Waals surface area contributed by atoms with Crippen molar-refractivity contribution in [2.45, 2.75) is 95.0 Å². The molecule has 1 aromatic rings. The molecule has 43 heavy (non-hydrogen) atoms. The summed E-state index contributed by atoms with van der Waals surface area (Å²) in [5.74, 6) is -0.757. The number of hydrogen-bond donors (Lipinski definition) is 1. The van der Waals surface area contributed by atoms with Gasteiger partial charge in [0.1, 0.15) is 6.04 Å². The van der Waals surface area contributed by atoms with Crippen LogP contribution in [-0.4, -0.2) is 108 Å². The molecule has 14 heteroatoms. The number of aliphatic carboxylic acids is 1. The molecule has 0 aromatic heterocycles. The lowest BCUT2D eigenvalue weighted by atomic mass is 9.87. The maximum atomic E-state index is 12.9. The van der Waals surface area contributed by atoms with E-state index in [4.69, 9.17) is 0 Å². The predicted octanol–water partition coefficient (Wildman–Crippen LogP) is 5.43. The molecule has 3 saturated heterocycles. The minimum absolute atomic E-state index is 0.0375. The van der Waals surface area contributed by atoms with E-state index in [1.807, 2.05) is 27.0 Å². The molecule has 3 heterocycles. The normalized spacial score (nSPS) is 22.4. The number of rotatable bonds is 7. The number of halogens is 6. The van der Waals surface area contributed by atoms with Crippen molar-refractivity contribution in [2.75, 3.05) is 44.7 Å². The molecule has 0 unspecified atom stereocenters. The molecule has 3 aliphatic heterocycles. The van der Waals surface area contributed by atoms with Crippen LogP contribution in [-0.2, 0) is 16.1 Å². The van der Waals surface area contributed by atoms with Crippen LogP contribution in [0, 0.1) is 6.92 Å². The van der Waals surface area contributed by atoms with Gasteiger partial charge in [-0.1, -0.05) is 12.1 Å². The minimum atomic E-state index is -5.76. The standard InChI is InChI=1S/C29H40F6N4O4/c1-19-6-7-20(23(17-19)37-13-8-21(9-14-37)39-12-4-5-22(39)24(40)41)18-36(3)27(2)10-15-38(16-11-27)26(42)43-25(28(30,31)32)29(33,34)35/h6-7,17,21-22,25H,4-5,8-16,18H2,1-3H3,(H,40,41)/t22-/m1/s1. The highest BCUT2D eigenvalue weighted by Gasteiger charge is 2.60. The predicted molar refractivity (Wildman–Crippen MR) is 147 cm³/mol. The molecule has 3 aliphatic rings. The molecule has 0 bridgehead atoms. The van der Waals surface area contributed by atoms with Gasteiger partial charge in [0.05, 0.1) is 0 Å². The van der Waals surface area contributed by atoms with E-state index >= 15 is 0 Å². The molecule has 3 fully saturated rings. The smallest absolute Gasteiger partial charge is 0.434 e. The van der Waals surface area contributed by atoms with E-state index in [9.17, 15) is 41.0 Å². The van der Waals surface area contributed by atoms with Crippen molar-refractivity contribution >= 4 is 17.7 Å². The number of benzene rings is 1. The first-order valence-electron chi connectivity index (χ1n) is 14.6. The van der Waals surface area contributed by atoms with Crippen LogP contribution >= 0.6 is 0 Å². The fourth-order valence-corrected chi connectivity index (χ4v) is 6.53. The highest BCUT2D eigenvalue weighted by molar-refractivity contribution is 5.74. The van der Waals surface area contributed by atoms with Crippen LogP contribution in [0.3, 0.4) is 0 Å². The molecule has 1 amide bonds. The molecule has 0 spiro atoms. The van der Waals surface area contributed by atoms with E-state index < -0.39 is 42.1 Å². The van der Waals surface area contributed by atoms with Crippen molar-refractivity contribution in [1.82, 2.24) is 14.7 Å². The van der Waals surface area contributed by atoms with Crippen molar-refractivity contribution in [1.29, 1.82) is 0 Å². The first-order chi connectivity index (χ1) is 20.0. The second-order valence-electron chi connectivity index (χ2n) is 12.3. The summed E-state index contributed by atoms with van der Waals surface area (Å²) >= 11 is 0. The molecule has 1 N–H and O–H groups in total. The Balaban J connectivity index is 1.37. The molecular weight excluding hydrogens is 582 g/mol. The van der Waals surface area contributed by atoms with E-state index in [1.165, 1.54) is 0 Å². The summed E-state index contributed by atoms with van der Waals surface area (Å²) in [4.78, 5) is 31.4. The Morgan fingerprint density at radius 2 is 1.63 bits per heavy atom. The summed E-state index contributed by atoms with van der Waals surface area (Å²) < 4.78 is 81.0. The van der Waals surface area contributed by atoms with E-state index in [0.717, 1.165) is 60.6 Å². The molecule has 0 saturated carbocycles. The third-order valence-electron chi connectivity index (χ3n) is 9.34. The quantitative estimate of drug-likeness (QED) is 0.407. The van der Waals surface area contributed by atoms with Crippen LogP contribution in [0.15, 0.2) is 18.2 Å². The van der Waals surface area contributed by atoms with Crippen LogP contribution < -0.4 is 4.90 Å². The Morgan fingerprint density at radius 3 is 2.19 bits per heavy atom. The largest absolute Gasteiger partial charge is 0.480 e. The van der Waals surface area contributed by atoms with Gasteiger partial charge >= 0.3 is 24.4 Å². The Morgan fingerprint density at radius 1 is 1.02 bits per heavy atom. The maximum absolute atomic E-state index is 12.9. The van der Waals surface area contributed by atoms with Gasteiger partial charge in [-0.2, -0.15) is 26.3 Å². The van der Waals surface area contributed by atoms with Crippen LogP contribution in [0.25, 0.3) is 0 Å². The third-order valence-corrected chi connectivity index (χ3v) is 9.34. The molecule has 1 aromatic carbocycles. The number of hydrogen-bond acceptors (Lipinski definition) is 6. The van der Waals surface area contributed by atoms with Crippen molar-refractivity contribution in [3.63, 3.8) is 0 Å². The van der Waals surface area contributed by atoms with Gasteiger partial charge in [0, 0.05) is 50.0 Å². The summed E-state index contributed by atoms with van der Waals surface area (Å²) in [5.41, 5.74) is 2.82. The number of likely N-dealkylation sites (tertiary alicyclic amines) is 2. The number of carbonyl (C=O) groups excluding carboxylic acids is 1. The highest BCUT2D eigenvalue weighted by atomic mass is 19.4. The lowest BCUT2D eigenvalue weighted by Gasteiger charge is -2.45. The number of anilines is 1. The second kappa shape index (κ2) is 12.7. The number of aryl methyl sites for hydroxylation is 1. The topological polar surface area (TPSA) is 76.6 Å². The summed E-state index contributed by atoms with van der Waals surface area (Å²) in [7, 11) is 1.92. The van der Waals surface area contributed by atoms with Gasteiger partial charge in [-0.05, 0) is 83.2 Å². The number of carboxylic acids is 1. The fraction of sp³-hybridized carbons (Fsp3) is 0.724. The van der Waals surface area contributed by atoms with E-state index in [0.29, 0.717) is 25.8 Å². The van der Waals surface area contributed by atoms with Crippen molar-refractivity contribution < 1.29 is 45.8 Å². The molecule has 1 atom stereocenters. The fourth-order valence-electron chi connectivity index (χ4n) is 6.53. The van der Waals surface area contributed by atoms with Gasteiger partial charge in [-0.25, -0.2) is 4.79 Å². The number of alkyl halides is 6. The van der Waals surface area contributed by atoms with Gasteiger partial charge in [-0.15, -0.1) is 0 Å². The van der Waals surface area contributed by atoms with Crippen LogP contribution in [0.2, 0.25) is 0 Å². The minimum Gasteiger partial charge on any atom is -0.480 e. The number of amides is 1. The van der Waals surface area contributed by atoms with Crippen molar-refractivity contribution in [2.24, 2.45) is 0 Å². The SMILES string of the molecule is Cc1ccc(CN(C)C2(C)CCN(C(=O)OC(C(F)(F)F)C(F)(F)F)CC2)c(N2CCC(N3CCC[C@@H]3C(=O)O)CC2)c1. The maximum Gasteiger partial charge on any atom is 0.434 e. The summed E-state index contributed by atoms with van der Waals surface area (Å²) in [6.45, 7) is 6.85. The molecule has 8 nitrogen and oxygen atoms in total. The molecule has 242 valence electrons. The lowest BCUT2D eigenvalue weighted by molar-refractivity contribution is -0.308. The molecule has 0 radical (unpaired) electrons. The van der Waals surface area contributed by atoms with Crippen LogP contribution in [0.4, 0.5) is 36.8 Å². The molecule has 0 aliphatic carbocycles. The number of nitrogens with zero attached hydrogens (tertiary/aromatic N) is 4. The van der Waals surface area contributed by atoms with Gasteiger partial charge in [0.2, 0.25) is 0 Å². The van der Waals surface area contributed by atoms with E-state index in [1.54, 1.807) is 0 Å². The number of carbonyl (C=O) groups is 2. The lowest BCUT2D eigenvalue weighted by Crippen LogP contribution is -2.54. The van der Waals surface area contributed by atoms with Gasteiger partial charge in [0.25, 0.3) is 6.10 Å². The average Bonchev–Trinajstić information content (AvgIpc) is 3.42. The van der Waals surface area contributed by atoms with Crippen LogP contribution in [0.5, 0.6) is 0 Å². The zero-order valence-electron chi connectivity index (χ0n) is 24.7. The summed E-state index contributed by atoms with van der Waals surface area (Å²) in [6, 6.07) is 6.05. The highest BCUT2D eigenvalue weighted by Crippen LogP contribution is 2.37. The monoisotopic (exact) mass is 622 g/mol. The number of ether oxygens (including phenoxy) is 1. The number of carboxylic acid groups (broad SMARTS) is 1. The van der Waals surface area contributed by atoms with E-state index in [2.05, 4.69) is 31.6 Å². The summed E-state index contributed by atoms with van der Waals surface area (Å²) in [6.07, 6.45) is -13.3. The Kier molecular flexibility index (Phi) is 9.80. The van der Waals surface area contributed by atoms with Gasteiger partial charge in [-0.3, -0.25) is 14.6 Å². The Labute approximate surface area is 247 Å². The van der Waals surface area contributed by atoms with Crippen molar-refractivity contribution in [3.05, 3.63) is 29.3 Å². The average molecular weight is 623 g/mol. The number of piperidine rings is 2. The van der Waals surface area contributed by atoms with E-state index in [-0.39, 0.29) is 19.1 Å². The Bertz CT molecular complexity index is 1130. The summed E-state index contributed by atoms with van der Waals surface area (Å²) in [5, 5.41) is 9.59. The zero-order chi connectivity index (χ0) is 31.7. The first-order valence-corrected chi connectivity index (χ1v) is 14.6. The molecular formula is C29H40F6N4O4. The van der Waals surface area contributed by atoms with Crippen molar-refractivity contribution in [3.8, 4) is 0 Å².